The molecule has 0 radical (unpaired) electrons. The number of aryl methyl sites for hydroxylation is 1. The van der Waals surface area contributed by atoms with Gasteiger partial charge in [-0.1, -0.05) is 0 Å². The summed E-state index contributed by atoms with van der Waals surface area (Å²) in [6.45, 7) is 1.75. The van der Waals surface area contributed by atoms with Crippen LogP contribution in [0.25, 0.3) is 0 Å². The second-order valence-corrected chi connectivity index (χ2v) is 2.26. The quantitative estimate of drug-likeness (QED) is 0.595. The van der Waals surface area contributed by atoms with Crippen molar-refractivity contribution in [1.29, 1.82) is 0 Å². The highest BCUT2D eigenvalue weighted by molar-refractivity contribution is 5.99. The van der Waals surface area contributed by atoms with E-state index in [2.05, 4.69) is 4.98 Å². The van der Waals surface area contributed by atoms with Crippen LogP contribution in [0.2, 0.25) is 0 Å². The van der Waals surface area contributed by atoms with Crippen LogP contribution in [0.1, 0.15) is 26.5 Å². The second-order valence-electron chi connectivity index (χ2n) is 2.26. The van der Waals surface area contributed by atoms with Crippen molar-refractivity contribution in [2.75, 3.05) is 0 Å². The number of nitrogens with one attached hydrogen (secondary N) is 1. The van der Waals surface area contributed by atoms with Gasteiger partial charge in [-0.3, -0.25) is 9.59 Å². The van der Waals surface area contributed by atoms with Gasteiger partial charge in [0.2, 0.25) is 0 Å². The molecule has 0 saturated carbocycles. The third kappa shape index (κ3) is 1.29. The maximum absolute atomic E-state index is 10.6. The first-order valence-corrected chi connectivity index (χ1v) is 3.09. The SMILES string of the molecule is Cc1cc(C(N)=O)c(C=O)[nH]1. The van der Waals surface area contributed by atoms with Crippen LogP contribution in [0.5, 0.6) is 0 Å². The van der Waals surface area contributed by atoms with Crippen molar-refractivity contribution in [2.45, 2.75) is 6.92 Å². The maximum atomic E-state index is 10.6. The fourth-order valence-corrected chi connectivity index (χ4v) is 0.907. The lowest BCUT2D eigenvalue weighted by atomic mass is 10.2. The minimum atomic E-state index is -0.587. The minimum Gasteiger partial charge on any atom is -0.366 e. The normalized spacial score (nSPS) is 9.55. The van der Waals surface area contributed by atoms with Crippen LogP contribution in [0.15, 0.2) is 6.07 Å². The van der Waals surface area contributed by atoms with Gasteiger partial charge in [0.25, 0.3) is 5.91 Å². The Labute approximate surface area is 63.4 Å². The molecule has 0 unspecified atom stereocenters. The van der Waals surface area contributed by atoms with Gasteiger partial charge in [0.15, 0.2) is 6.29 Å². The Hall–Kier alpha value is -1.58. The lowest BCUT2D eigenvalue weighted by Crippen LogP contribution is -2.11. The summed E-state index contributed by atoms with van der Waals surface area (Å²) < 4.78 is 0. The van der Waals surface area contributed by atoms with E-state index in [4.69, 9.17) is 5.73 Å². The van der Waals surface area contributed by atoms with Crippen molar-refractivity contribution in [1.82, 2.24) is 4.98 Å². The Balaban J connectivity index is 3.22. The maximum Gasteiger partial charge on any atom is 0.250 e. The first-order chi connectivity index (χ1) is 5.15. The molecule has 11 heavy (non-hydrogen) atoms. The summed E-state index contributed by atoms with van der Waals surface area (Å²) in [6.07, 6.45) is 0.576. The molecule has 1 rings (SSSR count). The molecule has 0 bridgehead atoms. The fraction of sp³-hybridized carbons (Fsp3) is 0.143. The Morgan fingerprint density at radius 1 is 1.73 bits per heavy atom. The first-order valence-electron chi connectivity index (χ1n) is 3.09. The molecular weight excluding hydrogens is 144 g/mol. The van der Waals surface area contributed by atoms with E-state index in [0.717, 1.165) is 5.69 Å². The van der Waals surface area contributed by atoms with Gasteiger partial charge in [-0.05, 0) is 13.0 Å². The number of aromatic nitrogens is 1. The number of carbonyl (C=O) groups excluding carboxylic acids is 2. The zero-order chi connectivity index (χ0) is 8.43. The third-order valence-electron chi connectivity index (χ3n) is 1.37. The second kappa shape index (κ2) is 2.57. The van der Waals surface area contributed by atoms with E-state index in [-0.39, 0.29) is 11.3 Å². The van der Waals surface area contributed by atoms with Gasteiger partial charge in [0.05, 0.1) is 11.3 Å². The molecule has 1 heterocycles. The zero-order valence-electron chi connectivity index (χ0n) is 6.05. The molecule has 0 aliphatic heterocycles. The van der Waals surface area contributed by atoms with Gasteiger partial charge in [-0.2, -0.15) is 0 Å². The zero-order valence-corrected chi connectivity index (χ0v) is 6.05. The summed E-state index contributed by atoms with van der Waals surface area (Å²) in [6, 6.07) is 1.55. The molecule has 0 aliphatic rings. The number of H-pyrrole nitrogens is 1. The molecule has 4 nitrogen and oxygen atoms in total. The predicted molar refractivity (Wildman–Crippen MR) is 39.4 cm³/mol. The smallest absolute Gasteiger partial charge is 0.250 e. The van der Waals surface area contributed by atoms with Gasteiger partial charge in [0, 0.05) is 5.69 Å². The summed E-state index contributed by atoms with van der Waals surface area (Å²) in [5, 5.41) is 0. The molecule has 0 spiro atoms. The van der Waals surface area contributed by atoms with Crippen molar-refractivity contribution < 1.29 is 9.59 Å². The topological polar surface area (TPSA) is 76.0 Å². The summed E-state index contributed by atoms with van der Waals surface area (Å²) in [5.41, 5.74) is 6.23. The molecule has 3 N–H and O–H groups in total. The van der Waals surface area contributed by atoms with Crippen molar-refractivity contribution in [2.24, 2.45) is 5.73 Å². The number of carbonyl (C=O) groups is 2. The van der Waals surface area contributed by atoms with E-state index in [0.29, 0.717) is 6.29 Å². The van der Waals surface area contributed by atoms with Crippen molar-refractivity contribution in [3.05, 3.63) is 23.0 Å². The average molecular weight is 152 g/mol. The van der Waals surface area contributed by atoms with Crippen LogP contribution in [-0.4, -0.2) is 17.2 Å². The summed E-state index contributed by atoms with van der Waals surface area (Å²) in [4.78, 5) is 23.7. The molecule has 0 aliphatic carbocycles. The third-order valence-corrected chi connectivity index (χ3v) is 1.37. The molecule has 0 aromatic carbocycles. The van der Waals surface area contributed by atoms with Gasteiger partial charge in [-0.25, -0.2) is 0 Å². The van der Waals surface area contributed by atoms with Gasteiger partial charge >= 0.3 is 0 Å². The van der Waals surface area contributed by atoms with E-state index < -0.39 is 5.91 Å². The Morgan fingerprint density at radius 3 is 2.73 bits per heavy atom. The average Bonchev–Trinajstić information content (AvgIpc) is 2.30. The van der Waals surface area contributed by atoms with E-state index in [9.17, 15) is 9.59 Å². The first kappa shape index (κ1) is 7.53. The number of rotatable bonds is 2. The molecule has 58 valence electrons. The molecular formula is C7H8N2O2. The lowest BCUT2D eigenvalue weighted by Gasteiger charge is -1.87. The van der Waals surface area contributed by atoms with Crippen LogP contribution < -0.4 is 5.73 Å². The highest BCUT2D eigenvalue weighted by atomic mass is 16.1. The fourth-order valence-electron chi connectivity index (χ4n) is 0.907. The standard InChI is InChI=1S/C7H8N2O2/c1-4-2-5(7(8)11)6(3-10)9-4/h2-3,9H,1H3,(H2,8,11). The number of aromatic amines is 1. The van der Waals surface area contributed by atoms with Crippen LogP contribution in [0.3, 0.4) is 0 Å². The molecule has 0 fully saturated rings. The number of primary amides is 1. The van der Waals surface area contributed by atoms with Crippen molar-refractivity contribution in [3.63, 3.8) is 0 Å². The van der Waals surface area contributed by atoms with Crippen LogP contribution >= 0.6 is 0 Å². The van der Waals surface area contributed by atoms with Crippen LogP contribution in [-0.2, 0) is 0 Å². The molecule has 0 saturated heterocycles. The monoisotopic (exact) mass is 152 g/mol. The summed E-state index contributed by atoms with van der Waals surface area (Å²) >= 11 is 0. The number of hydrogen-bond donors (Lipinski definition) is 2. The van der Waals surface area contributed by atoms with E-state index in [1.54, 1.807) is 13.0 Å². The molecule has 1 aromatic rings. The van der Waals surface area contributed by atoms with Gasteiger partial charge in [0.1, 0.15) is 0 Å². The Bertz CT molecular complexity index is 301. The van der Waals surface area contributed by atoms with E-state index >= 15 is 0 Å². The highest BCUT2D eigenvalue weighted by Gasteiger charge is 2.09. The predicted octanol–water partition coefficient (Wildman–Crippen LogP) is 0.235. The molecule has 1 amide bonds. The van der Waals surface area contributed by atoms with Crippen molar-refractivity contribution >= 4 is 12.2 Å². The number of nitrogens with two attached hydrogens (primary N) is 1. The Morgan fingerprint density at radius 2 is 2.36 bits per heavy atom. The van der Waals surface area contributed by atoms with Crippen molar-refractivity contribution in [3.8, 4) is 0 Å². The summed E-state index contributed by atoms with van der Waals surface area (Å²) in [5.74, 6) is -0.587. The van der Waals surface area contributed by atoms with E-state index in [1.807, 2.05) is 0 Å². The highest BCUT2D eigenvalue weighted by Crippen LogP contribution is 2.06. The lowest BCUT2D eigenvalue weighted by molar-refractivity contribution is 0.0993. The number of aldehydes is 1. The van der Waals surface area contributed by atoms with Gasteiger partial charge < -0.3 is 10.7 Å². The Kier molecular flexibility index (Phi) is 1.76. The molecule has 0 atom stereocenters. The van der Waals surface area contributed by atoms with E-state index in [1.165, 1.54) is 0 Å². The van der Waals surface area contributed by atoms with Crippen LogP contribution in [0.4, 0.5) is 0 Å². The molecule has 4 heteroatoms. The molecule has 1 aromatic heterocycles. The number of amides is 1. The summed E-state index contributed by atoms with van der Waals surface area (Å²) in [7, 11) is 0. The minimum absolute atomic E-state index is 0.245. The number of hydrogen-bond acceptors (Lipinski definition) is 2. The van der Waals surface area contributed by atoms with Gasteiger partial charge in [-0.15, -0.1) is 0 Å². The van der Waals surface area contributed by atoms with Crippen LogP contribution in [0, 0.1) is 6.92 Å². The largest absolute Gasteiger partial charge is 0.366 e.